The van der Waals surface area contributed by atoms with Crippen molar-refractivity contribution in [1.29, 1.82) is 0 Å². The van der Waals surface area contributed by atoms with Gasteiger partial charge in [-0.1, -0.05) is 57.7 Å². The van der Waals surface area contributed by atoms with Crippen molar-refractivity contribution in [1.82, 2.24) is 44.4 Å². The normalized spacial score (nSPS) is 14.3. The number of Topliss-reactive ketones (excluding diaryl/α,β-unsaturated/α-hetero) is 1. The summed E-state index contributed by atoms with van der Waals surface area (Å²) in [6, 6.07) is 20.1. The van der Waals surface area contributed by atoms with Crippen molar-refractivity contribution < 1.29 is 23.8 Å². The van der Waals surface area contributed by atoms with E-state index in [4.69, 9.17) is 9.97 Å². The van der Waals surface area contributed by atoms with Crippen molar-refractivity contribution >= 4 is 45.4 Å². The average molecular weight is 1020 g/mol. The van der Waals surface area contributed by atoms with Gasteiger partial charge < -0.3 is 34.8 Å². The number of nitrogens with zero attached hydrogens (tertiary/aromatic N) is 11. The second kappa shape index (κ2) is 21.5. The van der Waals surface area contributed by atoms with Crippen LogP contribution in [0.5, 0.6) is 5.75 Å². The number of aliphatic hydroxyl groups excluding tert-OH is 1. The van der Waals surface area contributed by atoms with Gasteiger partial charge in [-0.3, -0.25) is 14.8 Å². The quantitative estimate of drug-likeness (QED) is 0.0580. The Labute approximate surface area is 434 Å². The Morgan fingerprint density at radius 3 is 2.37 bits per heavy atom. The van der Waals surface area contributed by atoms with Gasteiger partial charge in [-0.15, -0.1) is 0 Å². The number of rotatable bonds is 17. The molecular formula is C57H62F2N12O4. The van der Waals surface area contributed by atoms with E-state index in [-0.39, 0.29) is 65.1 Å². The van der Waals surface area contributed by atoms with Crippen molar-refractivity contribution in [3.63, 3.8) is 0 Å². The van der Waals surface area contributed by atoms with Crippen LogP contribution in [0.25, 0.3) is 50.3 Å². The van der Waals surface area contributed by atoms with Gasteiger partial charge in [0.2, 0.25) is 5.95 Å². The van der Waals surface area contributed by atoms with Crippen LogP contribution in [0.3, 0.4) is 0 Å². The Morgan fingerprint density at radius 1 is 0.933 bits per heavy atom. The summed E-state index contributed by atoms with van der Waals surface area (Å²) in [7, 11) is 1.94. The largest absolute Gasteiger partial charge is 0.507 e. The molecule has 1 aliphatic heterocycles. The van der Waals surface area contributed by atoms with Crippen LogP contribution < -0.4 is 25.7 Å². The van der Waals surface area contributed by atoms with Gasteiger partial charge in [-0.2, -0.15) is 15.0 Å². The average Bonchev–Trinajstić information content (AvgIpc) is 3.84. The number of ketones is 1. The molecule has 0 aliphatic carbocycles. The Balaban J connectivity index is 1.07. The fourth-order valence-electron chi connectivity index (χ4n) is 9.90. The molecule has 0 saturated carbocycles. The first-order chi connectivity index (χ1) is 36.0. The lowest BCUT2D eigenvalue weighted by Crippen LogP contribution is -2.50. The van der Waals surface area contributed by atoms with E-state index in [2.05, 4.69) is 44.0 Å². The van der Waals surface area contributed by atoms with Crippen molar-refractivity contribution in [2.75, 3.05) is 54.5 Å². The van der Waals surface area contributed by atoms with Crippen LogP contribution in [-0.4, -0.2) is 107 Å². The molecule has 0 spiro atoms. The number of piperazine rings is 1. The number of aliphatic hydroxyl groups is 1. The summed E-state index contributed by atoms with van der Waals surface area (Å²) < 4.78 is 36.8. The number of aromatic nitrogens is 8. The summed E-state index contributed by atoms with van der Waals surface area (Å²) >= 11 is 0. The SMILES string of the molecule is C=C(CN(c1nc(N(C)Cc2ccc(-c3ccccn3)cc2)c2ccn(C(C)C)c2n1)[C@H](CC)CO)C(=O)c1cc(O)c(-c2nc3c(cc2F)c(N2CCNC[C@@H]2C)nc(=O)n3-c2c(C)ccnc2C(C)C)c(F)c1. The molecule has 7 heterocycles. The molecule has 2 aromatic carbocycles. The minimum atomic E-state index is -1.14. The number of benzene rings is 2. The molecule has 1 saturated heterocycles. The second-order valence-corrected chi connectivity index (χ2v) is 19.8. The van der Waals surface area contributed by atoms with Crippen LogP contribution >= 0.6 is 0 Å². The predicted octanol–water partition coefficient (Wildman–Crippen LogP) is 9.10. The molecule has 1 fully saturated rings. The summed E-state index contributed by atoms with van der Waals surface area (Å²) in [5.74, 6) is -2.69. The van der Waals surface area contributed by atoms with E-state index < -0.39 is 46.2 Å². The molecule has 3 N–H and O–H groups in total. The number of fused-ring (bicyclic) bond motifs is 2. The second-order valence-electron chi connectivity index (χ2n) is 19.8. The molecule has 2 atom stereocenters. The zero-order chi connectivity index (χ0) is 53.4. The molecule has 388 valence electrons. The van der Waals surface area contributed by atoms with Crippen molar-refractivity contribution in [2.24, 2.45) is 0 Å². The minimum Gasteiger partial charge on any atom is -0.507 e. The summed E-state index contributed by atoms with van der Waals surface area (Å²) in [4.78, 5) is 62.8. The monoisotopic (exact) mass is 1020 g/mol. The molecule has 0 radical (unpaired) electrons. The highest BCUT2D eigenvalue weighted by Crippen LogP contribution is 2.39. The van der Waals surface area contributed by atoms with Crippen LogP contribution in [0.15, 0.2) is 108 Å². The number of carbonyl (C=O) groups is 1. The van der Waals surface area contributed by atoms with Gasteiger partial charge in [0, 0.05) is 87.1 Å². The molecule has 0 bridgehead atoms. The van der Waals surface area contributed by atoms with E-state index in [1.54, 1.807) is 23.4 Å². The molecule has 9 rings (SSSR count). The molecular weight excluding hydrogens is 955 g/mol. The van der Waals surface area contributed by atoms with Crippen LogP contribution in [0, 0.1) is 18.6 Å². The van der Waals surface area contributed by atoms with Gasteiger partial charge in [-0.05, 0) is 93.6 Å². The minimum absolute atomic E-state index is 0.0161. The molecule has 8 aromatic rings. The summed E-state index contributed by atoms with van der Waals surface area (Å²) in [5.41, 5.74) is 3.01. The maximum atomic E-state index is 16.8. The van der Waals surface area contributed by atoms with Crippen molar-refractivity contribution in [3.8, 4) is 34.0 Å². The number of aromatic hydroxyl groups is 1. The number of halogens is 2. The predicted molar refractivity (Wildman–Crippen MR) is 290 cm³/mol. The van der Waals surface area contributed by atoms with E-state index in [9.17, 15) is 19.8 Å². The molecule has 16 nitrogen and oxygen atoms in total. The van der Waals surface area contributed by atoms with Gasteiger partial charge in [0.05, 0.1) is 46.1 Å². The van der Waals surface area contributed by atoms with Gasteiger partial charge >= 0.3 is 5.69 Å². The summed E-state index contributed by atoms with van der Waals surface area (Å²) in [5, 5.41) is 26.8. The van der Waals surface area contributed by atoms with E-state index in [0.717, 1.165) is 40.4 Å². The zero-order valence-electron chi connectivity index (χ0n) is 43.5. The topological polar surface area (TPSA) is 184 Å². The van der Waals surface area contributed by atoms with E-state index >= 15 is 8.78 Å². The highest BCUT2D eigenvalue weighted by Gasteiger charge is 2.31. The highest BCUT2D eigenvalue weighted by molar-refractivity contribution is 6.09. The van der Waals surface area contributed by atoms with Gasteiger partial charge in [-0.25, -0.2) is 23.1 Å². The number of anilines is 3. The molecule has 6 aromatic heterocycles. The Morgan fingerprint density at radius 2 is 1.71 bits per heavy atom. The number of hydrogen-bond donors (Lipinski definition) is 3. The van der Waals surface area contributed by atoms with Crippen molar-refractivity contribution in [3.05, 3.63) is 148 Å². The highest BCUT2D eigenvalue weighted by atomic mass is 19.1. The standard InChI is InChI=1S/C57H62F2N12O4/c1-10-40(31-72)70(56-64-52(41-19-23-68(33(4)5)53(41)65-56)67(9)30-37-14-16-38(17-15-37)45-13-11-12-20-61-45)29-35(7)51(74)39-25-43(58)47(46(73)26-39)49-44(59)27-42-54(69-24-22-60-28-36(69)8)66-57(75)71(55(42)63-49)50-34(6)18-21-62-48(50)32(2)3/h11-21,23,25-27,32-33,36,40,60,72-73H,7,10,22,24,28-31H2,1-6,8-9H3/t36-,40+/m0/s1. The first kappa shape index (κ1) is 51.9. The third-order valence-corrected chi connectivity index (χ3v) is 13.9. The first-order valence-electron chi connectivity index (χ1n) is 25.3. The van der Waals surface area contributed by atoms with Crippen LogP contribution in [0.4, 0.5) is 26.4 Å². The number of nitrogens with one attached hydrogen (secondary N) is 1. The maximum Gasteiger partial charge on any atom is 0.355 e. The number of pyridine rings is 3. The fraction of sp³-hybridized carbons (Fsp3) is 0.333. The van der Waals surface area contributed by atoms with Crippen molar-refractivity contribution in [2.45, 2.75) is 85.5 Å². The molecule has 1 aliphatic rings. The molecule has 0 unspecified atom stereocenters. The number of carbonyl (C=O) groups excluding carboxylic acids is 1. The molecule has 75 heavy (non-hydrogen) atoms. The fourth-order valence-corrected chi connectivity index (χ4v) is 9.90. The zero-order valence-corrected chi connectivity index (χ0v) is 43.5. The third kappa shape index (κ3) is 10.1. The number of phenols is 1. The van der Waals surface area contributed by atoms with E-state index in [0.29, 0.717) is 61.0 Å². The van der Waals surface area contributed by atoms with Gasteiger partial charge in [0.15, 0.2) is 17.2 Å². The van der Waals surface area contributed by atoms with Gasteiger partial charge in [0.1, 0.15) is 34.5 Å². The Kier molecular flexibility index (Phi) is 14.9. The Bertz CT molecular complexity index is 3480. The van der Waals surface area contributed by atoms with Crippen LogP contribution in [0.2, 0.25) is 0 Å². The summed E-state index contributed by atoms with van der Waals surface area (Å²) in [6.45, 7) is 19.4. The molecule has 0 amide bonds. The first-order valence-corrected chi connectivity index (χ1v) is 25.3. The number of hydrogen-bond acceptors (Lipinski definition) is 14. The molecule has 18 heteroatoms. The third-order valence-electron chi connectivity index (χ3n) is 13.9. The number of phenolic OH excluding ortho intramolecular Hbond substituents is 1. The Hall–Kier alpha value is -7.96. The van der Waals surface area contributed by atoms with E-state index in [1.165, 1.54) is 4.57 Å². The lowest BCUT2D eigenvalue weighted by Gasteiger charge is -2.35. The summed E-state index contributed by atoms with van der Waals surface area (Å²) in [6.07, 6.45) is 5.80. The number of aryl methyl sites for hydroxylation is 1. The smallest absolute Gasteiger partial charge is 0.355 e. The lowest BCUT2D eigenvalue weighted by atomic mass is 9.99. The van der Waals surface area contributed by atoms with E-state index in [1.807, 2.05) is 112 Å². The lowest BCUT2D eigenvalue weighted by molar-refractivity contribution is 0.103. The van der Waals surface area contributed by atoms with Gasteiger partial charge in [0.25, 0.3) is 0 Å². The van der Waals surface area contributed by atoms with Crippen LogP contribution in [-0.2, 0) is 6.54 Å². The maximum absolute atomic E-state index is 16.8. The van der Waals surface area contributed by atoms with Crippen LogP contribution in [0.1, 0.15) is 87.1 Å².